The first-order valence-electron chi connectivity index (χ1n) is 6.15. The number of nitrogen functional groups attached to an aromatic ring is 1. The number of methoxy groups -OCH3 is 2. The van der Waals surface area contributed by atoms with Gasteiger partial charge in [0.15, 0.2) is 11.5 Å². The van der Waals surface area contributed by atoms with Crippen LogP contribution in [0.15, 0.2) is 18.2 Å². The third-order valence-corrected chi connectivity index (χ3v) is 2.94. The maximum Gasteiger partial charge on any atom is 0.162 e. The predicted molar refractivity (Wildman–Crippen MR) is 78.7 cm³/mol. The minimum Gasteiger partial charge on any atom is -0.493 e. The second kappa shape index (κ2) is 5.64. The number of nitrogens with zero attached hydrogens (tertiary/aromatic N) is 2. The smallest absolute Gasteiger partial charge is 0.162 e. The van der Waals surface area contributed by atoms with Crippen LogP contribution in [0.25, 0.3) is 0 Å². The Hall–Kier alpha value is -2.50. The Morgan fingerprint density at radius 2 is 1.75 bits per heavy atom. The molecule has 0 unspecified atom stereocenters. The van der Waals surface area contributed by atoms with Gasteiger partial charge in [-0.05, 0) is 26.0 Å². The van der Waals surface area contributed by atoms with Gasteiger partial charge in [0.05, 0.1) is 14.2 Å². The largest absolute Gasteiger partial charge is 0.493 e. The SMILES string of the molecule is COc1ccc(Nc2nc(C)nc(N)c2C)cc1OC. The first-order valence-corrected chi connectivity index (χ1v) is 6.15. The van der Waals surface area contributed by atoms with Crippen molar-refractivity contribution < 1.29 is 9.47 Å². The van der Waals surface area contributed by atoms with Crippen LogP contribution in [-0.2, 0) is 0 Å². The molecule has 1 aromatic carbocycles. The van der Waals surface area contributed by atoms with E-state index in [9.17, 15) is 0 Å². The molecule has 0 aliphatic rings. The second-order valence-electron chi connectivity index (χ2n) is 4.32. The second-order valence-corrected chi connectivity index (χ2v) is 4.32. The summed E-state index contributed by atoms with van der Waals surface area (Å²) >= 11 is 0. The van der Waals surface area contributed by atoms with Gasteiger partial charge < -0.3 is 20.5 Å². The van der Waals surface area contributed by atoms with Gasteiger partial charge in [-0.1, -0.05) is 0 Å². The fourth-order valence-corrected chi connectivity index (χ4v) is 1.82. The molecule has 2 rings (SSSR count). The van der Waals surface area contributed by atoms with Crippen molar-refractivity contribution in [1.29, 1.82) is 0 Å². The molecule has 2 aromatic rings. The topological polar surface area (TPSA) is 82.3 Å². The molecule has 0 aliphatic heterocycles. The van der Waals surface area contributed by atoms with Crippen molar-refractivity contribution >= 4 is 17.3 Å². The highest BCUT2D eigenvalue weighted by molar-refractivity contribution is 5.66. The summed E-state index contributed by atoms with van der Waals surface area (Å²) in [5.74, 6) is 3.10. The van der Waals surface area contributed by atoms with E-state index in [0.717, 1.165) is 11.3 Å². The van der Waals surface area contributed by atoms with Crippen molar-refractivity contribution in [1.82, 2.24) is 9.97 Å². The van der Waals surface area contributed by atoms with Gasteiger partial charge >= 0.3 is 0 Å². The lowest BCUT2D eigenvalue weighted by atomic mass is 10.2. The number of anilines is 3. The van der Waals surface area contributed by atoms with Crippen LogP contribution in [0.3, 0.4) is 0 Å². The van der Waals surface area contributed by atoms with E-state index in [0.29, 0.717) is 29.0 Å². The number of rotatable bonds is 4. The van der Waals surface area contributed by atoms with E-state index in [4.69, 9.17) is 15.2 Å². The van der Waals surface area contributed by atoms with Gasteiger partial charge in [-0.2, -0.15) is 0 Å². The van der Waals surface area contributed by atoms with Crippen LogP contribution in [0.1, 0.15) is 11.4 Å². The number of aromatic nitrogens is 2. The molecule has 1 heterocycles. The summed E-state index contributed by atoms with van der Waals surface area (Å²) in [6.07, 6.45) is 0. The van der Waals surface area contributed by atoms with Gasteiger partial charge in [-0.15, -0.1) is 0 Å². The van der Waals surface area contributed by atoms with E-state index in [1.807, 2.05) is 25.1 Å². The van der Waals surface area contributed by atoms with Crippen molar-refractivity contribution in [2.45, 2.75) is 13.8 Å². The number of nitrogens with one attached hydrogen (secondary N) is 1. The minimum atomic E-state index is 0.473. The molecule has 0 bridgehead atoms. The summed E-state index contributed by atoms with van der Waals surface area (Å²) in [5.41, 5.74) is 7.49. The normalized spacial score (nSPS) is 10.2. The van der Waals surface area contributed by atoms with Crippen molar-refractivity contribution in [2.24, 2.45) is 0 Å². The third-order valence-electron chi connectivity index (χ3n) is 2.94. The van der Waals surface area contributed by atoms with Crippen LogP contribution >= 0.6 is 0 Å². The quantitative estimate of drug-likeness (QED) is 0.891. The zero-order chi connectivity index (χ0) is 14.7. The molecule has 0 spiro atoms. The zero-order valence-electron chi connectivity index (χ0n) is 12.0. The third kappa shape index (κ3) is 2.74. The molecule has 6 heteroatoms. The van der Waals surface area contributed by atoms with Gasteiger partial charge in [0, 0.05) is 17.3 Å². The van der Waals surface area contributed by atoms with Crippen molar-refractivity contribution in [3.63, 3.8) is 0 Å². The number of hydrogen-bond acceptors (Lipinski definition) is 6. The van der Waals surface area contributed by atoms with E-state index in [-0.39, 0.29) is 0 Å². The maximum atomic E-state index is 5.84. The first-order chi connectivity index (χ1) is 9.55. The molecular formula is C14H18N4O2. The van der Waals surface area contributed by atoms with E-state index >= 15 is 0 Å². The molecule has 0 atom stereocenters. The molecular weight excluding hydrogens is 256 g/mol. The van der Waals surface area contributed by atoms with Gasteiger partial charge in [0.1, 0.15) is 17.5 Å². The summed E-state index contributed by atoms with van der Waals surface area (Å²) in [6.45, 7) is 3.67. The molecule has 6 nitrogen and oxygen atoms in total. The Balaban J connectivity index is 2.35. The monoisotopic (exact) mass is 274 g/mol. The van der Waals surface area contributed by atoms with Crippen molar-refractivity contribution in [3.8, 4) is 11.5 Å². The molecule has 0 radical (unpaired) electrons. The van der Waals surface area contributed by atoms with E-state index in [1.54, 1.807) is 21.1 Å². The fraction of sp³-hybridized carbons (Fsp3) is 0.286. The minimum absolute atomic E-state index is 0.473. The van der Waals surface area contributed by atoms with Crippen LogP contribution in [0, 0.1) is 13.8 Å². The first kappa shape index (κ1) is 13.9. The van der Waals surface area contributed by atoms with Crippen LogP contribution in [0.5, 0.6) is 11.5 Å². The summed E-state index contributed by atoms with van der Waals surface area (Å²) in [4.78, 5) is 8.47. The summed E-state index contributed by atoms with van der Waals surface area (Å²) in [5, 5.41) is 3.21. The highest BCUT2D eigenvalue weighted by Crippen LogP contribution is 2.31. The van der Waals surface area contributed by atoms with Crippen molar-refractivity contribution in [3.05, 3.63) is 29.6 Å². The van der Waals surface area contributed by atoms with Gasteiger partial charge in [-0.3, -0.25) is 0 Å². The summed E-state index contributed by atoms with van der Waals surface area (Å²) < 4.78 is 10.5. The number of benzene rings is 1. The number of ether oxygens (including phenoxy) is 2. The Morgan fingerprint density at radius 3 is 2.40 bits per heavy atom. The Labute approximate surface area is 118 Å². The average molecular weight is 274 g/mol. The van der Waals surface area contributed by atoms with E-state index < -0.39 is 0 Å². The van der Waals surface area contributed by atoms with Gasteiger partial charge in [0.2, 0.25) is 0 Å². The molecule has 106 valence electrons. The highest BCUT2D eigenvalue weighted by Gasteiger charge is 2.09. The van der Waals surface area contributed by atoms with Crippen LogP contribution in [-0.4, -0.2) is 24.2 Å². The number of nitrogens with two attached hydrogens (primary N) is 1. The molecule has 20 heavy (non-hydrogen) atoms. The fourth-order valence-electron chi connectivity index (χ4n) is 1.82. The van der Waals surface area contributed by atoms with Gasteiger partial charge in [0.25, 0.3) is 0 Å². The summed E-state index contributed by atoms with van der Waals surface area (Å²) in [6, 6.07) is 5.55. The van der Waals surface area contributed by atoms with E-state index in [1.165, 1.54) is 0 Å². The molecule has 0 saturated carbocycles. The van der Waals surface area contributed by atoms with E-state index in [2.05, 4.69) is 15.3 Å². The summed E-state index contributed by atoms with van der Waals surface area (Å²) in [7, 11) is 3.20. The number of hydrogen-bond donors (Lipinski definition) is 2. The molecule has 0 fully saturated rings. The Morgan fingerprint density at radius 1 is 1.05 bits per heavy atom. The standard InChI is InChI=1S/C14H18N4O2/c1-8-13(15)16-9(2)17-14(8)18-10-5-6-11(19-3)12(7-10)20-4/h5-7H,1-4H3,(H3,15,16,17,18). The van der Waals surface area contributed by atoms with Crippen LogP contribution in [0.2, 0.25) is 0 Å². The highest BCUT2D eigenvalue weighted by atomic mass is 16.5. The molecule has 3 N–H and O–H groups in total. The molecule has 0 amide bonds. The lowest BCUT2D eigenvalue weighted by Crippen LogP contribution is -2.05. The van der Waals surface area contributed by atoms with Crippen LogP contribution < -0.4 is 20.5 Å². The number of aryl methyl sites for hydroxylation is 1. The average Bonchev–Trinajstić information content (AvgIpc) is 2.44. The Kier molecular flexibility index (Phi) is 3.93. The lowest BCUT2D eigenvalue weighted by Gasteiger charge is -2.13. The van der Waals surface area contributed by atoms with Gasteiger partial charge in [-0.25, -0.2) is 9.97 Å². The predicted octanol–water partition coefficient (Wildman–Crippen LogP) is 2.44. The van der Waals surface area contributed by atoms with Crippen LogP contribution in [0.4, 0.5) is 17.3 Å². The molecule has 0 aliphatic carbocycles. The Bertz CT molecular complexity index is 629. The lowest BCUT2D eigenvalue weighted by molar-refractivity contribution is 0.355. The molecule has 1 aromatic heterocycles. The maximum absolute atomic E-state index is 5.84. The van der Waals surface area contributed by atoms with Crippen molar-refractivity contribution in [2.75, 3.05) is 25.3 Å². The zero-order valence-corrected chi connectivity index (χ0v) is 12.0. The molecule has 0 saturated heterocycles.